The minimum absolute atomic E-state index is 0.0631. The van der Waals surface area contributed by atoms with Crippen molar-refractivity contribution in [2.75, 3.05) is 23.8 Å². The summed E-state index contributed by atoms with van der Waals surface area (Å²) in [7, 11) is 0. The summed E-state index contributed by atoms with van der Waals surface area (Å²) < 4.78 is 0. The first-order chi connectivity index (χ1) is 7.63. The maximum Gasteiger partial charge on any atom is 0.228 e. The molecule has 0 saturated heterocycles. The van der Waals surface area contributed by atoms with E-state index in [4.69, 9.17) is 5.11 Å². The molecule has 1 rings (SSSR count). The molecule has 0 aliphatic carbocycles. The van der Waals surface area contributed by atoms with Crippen LogP contribution in [0.15, 0.2) is 18.3 Å². The Morgan fingerprint density at radius 3 is 2.94 bits per heavy atom. The number of carbonyl (C=O) groups excluding carboxylic acids is 1. The molecule has 0 atom stereocenters. The highest BCUT2D eigenvalue weighted by Crippen LogP contribution is 2.12. The van der Waals surface area contributed by atoms with Crippen LogP contribution in [0.2, 0.25) is 0 Å². The number of carbonyl (C=O) groups is 1. The highest BCUT2D eigenvalue weighted by atomic mass is 16.3. The first-order valence-corrected chi connectivity index (χ1v) is 5.25. The molecule has 0 spiro atoms. The molecule has 1 aromatic rings. The van der Waals surface area contributed by atoms with Gasteiger partial charge in [0.25, 0.3) is 0 Å². The van der Waals surface area contributed by atoms with Crippen LogP contribution in [0.5, 0.6) is 0 Å². The fraction of sp³-hybridized carbons (Fsp3) is 0.455. The van der Waals surface area contributed by atoms with Gasteiger partial charge in [0, 0.05) is 30.4 Å². The van der Waals surface area contributed by atoms with Gasteiger partial charge in [0.15, 0.2) is 0 Å². The number of hydrogen-bond donors (Lipinski definition) is 3. The Kier molecular flexibility index (Phi) is 4.72. The molecule has 0 radical (unpaired) electrons. The molecule has 88 valence electrons. The molecular weight excluding hydrogens is 206 g/mol. The minimum Gasteiger partial charge on any atom is -0.395 e. The van der Waals surface area contributed by atoms with Crippen molar-refractivity contribution in [3.8, 4) is 0 Å². The summed E-state index contributed by atoms with van der Waals surface area (Å²) in [4.78, 5) is 15.5. The molecule has 3 N–H and O–H groups in total. The number of rotatable bonds is 5. The van der Waals surface area contributed by atoms with Gasteiger partial charge in [-0.3, -0.25) is 4.79 Å². The molecule has 5 nitrogen and oxygen atoms in total. The molecule has 1 aromatic heterocycles. The highest BCUT2D eigenvalue weighted by molar-refractivity contribution is 5.91. The lowest BCUT2D eigenvalue weighted by Crippen LogP contribution is -2.18. The minimum atomic E-state index is -0.0733. The largest absolute Gasteiger partial charge is 0.395 e. The Labute approximate surface area is 94.9 Å². The zero-order valence-electron chi connectivity index (χ0n) is 9.53. The monoisotopic (exact) mass is 223 g/mol. The third-order valence-corrected chi connectivity index (χ3v) is 1.98. The van der Waals surface area contributed by atoms with Gasteiger partial charge < -0.3 is 15.7 Å². The average molecular weight is 223 g/mol. The lowest BCUT2D eigenvalue weighted by atomic mass is 10.2. The van der Waals surface area contributed by atoms with Gasteiger partial charge in [-0.25, -0.2) is 4.98 Å². The average Bonchev–Trinajstić information content (AvgIpc) is 2.26. The van der Waals surface area contributed by atoms with Crippen LogP contribution >= 0.6 is 0 Å². The lowest BCUT2D eigenvalue weighted by Gasteiger charge is -2.09. The molecule has 1 heterocycles. The smallest absolute Gasteiger partial charge is 0.228 e. The molecule has 16 heavy (non-hydrogen) atoms. The number of aromatic nitrogens is 1. The first kappa shape index (κ1) is 12.4. The Morgan fingerprint density at radius 1 is 1.56 bits per heavy atom. The van der Waals surface area contributed by atoms with Crippen molar-refractivity contribution >= 4 is 17.4 Å². The van der Waals surface area contributed by atoms with E-state index < -0.39 is 0 Å². The van der Waals surface area contributed by atoms with Crippen LogP contribution in [-0.4, -0.2) is 29.1 Å². The molecule has 0 fully saturated rings. The van der Waals surface area contributed by atoms with E-state index in [2.05, 4.69) is 15.6 Å². The zero-order chi connectivity index (χ0) is 12.0. The van der Waals surface area contributed by atoms with Gasteiger partial charge in [0.05, 0.1) is 6.61 Å². The summed E-state index contributed by atoms with van der Waals surface area (Å²) in [5.41, 5.74) is 0.822. The number of pyridine rings is 1. The van der Waals surface area contributed by atoms with E-state index in [1.807, 2.05) is 13.8 Å². The molecule has 0 saturated carbocycles. The SMILES string of the molecule is CC(C)C(=O)Nc1cc(NCCO)ccn1. The predicted octanol–water partition coefficient (Wildman–Crippen LogP) is 1.08. The van der Waals surface area contributed by atoms with Crippen molar-refractivity contribution in [3.63, 3.8) is 0 Å². The maximum atomic E-state index is 11.4. The standard InChI is InChI=1S/C11H17N3O2/c1-8(2)11(16)14-10-7-9(3-4-13-10)12-5-6-15/h3-4,7-8,15H,5-6H2,1-2H3,(H2,12,13,14,16). The first-order valence-electron chi connectivity index (χ1n) is 5.25. The number of aliphatic hydroxyl groups excluding tert-OH is 1. The topological polar surface area (TPSA) is 74.2 Å². The van der Waals surface area contributed by atoms with Crippen molar-refractivity contribution in [2.45, 2.75) is 13.8 Å². The van der Waals surface area contributed by atoms with Crippen LogP contribution in [0.4, 0.5) is 11.5 Å². The third-order valence-electron chi connectivity index (χ3n) is 1.98. The van der Waals surface area contributed by atoms with Crippen LogP contribution in [0.1, 0.15) is 13.8 Å². The molecule has 0 aliphatic heterocycles. The Morgan fingerprint density at radius 2 is 2.31 bits per heavy atom. The summed E-state index contributed by atoms with van der Waals surface area (Å²) in [6.45, 7) is 4.18. The van der Waals surface area contributed by atoms with Gasteiger partial charge in [-0.05, 0) is 6.07 Å². The molecule has 0 bridgehead atoms. The second-order valence-corrected chi connectivity index (χ2v) is 3.72. The van der Waals surface area contributed by atoms with Crippen molar-refractivity contribution in [1.29, 1.82) is 0 Å². The van der Waals surface area contributed by atoms with Crippen molar-refractivity contribution in [3.05, 3.63) is 18.3 Å². The van der Waals surface area contributed by atoms with Crippen LogP contribution in [0, 0.1) is 5.92 Å². The Balaban J connectivity index is 2.63. The van der Waals surface area contributed by atoms with E-state index in [1.54, 1.807) is 18.3 Å². The number of nitrogens with zero attached hydrogens (tertiary/aromatic N) is 1. The fourth-order valence-corrected chi connectivity index (χ4v) is 1.08. The number of anilines is 2. The zero-order valence-corrected chi connectivity index (χ0v) is 9.53. The second-order valence-electron chi connectivity index (χ2n) is 3.72. The lowest BCUT2D eigenvalue weighted by molar-refractivity contribution is -0.118. The third kappa shape index (κ3) is 3.86. The molecule has 5 heteroatoms. The van der Waals surface area contributed by atoms with E-state index in [-0.39, 0.29) is 18.4 Å². The van der Waals surface area contributed by atoms with Crippen LogP contribution in [-0.2, 0) is 4.79 Å². The normalized spacial score (nSPS) is 10.2. The van der Waals surface area contributed by atoms with Gasteiger partial charge in [-0.1, -0.05) is 13.8 Å². The maximum absolute atomic E-state index is 11.4. The predicted molar refractivity (Wildman–Crippen MR) is 63.3 cm³/mol. The van der Waals surface area contributed by atoms with Crippen molar-refractivity contribution < 1.29 is 9.90 Å². The molecule has 0 unspecified atom stereocenters. The quantitative estimate of drug-likeness (QED) is 0.698. The summed E-state index contributed by atoms with van der Waals surface area (Å²) >= 11 is 0. The van der Waals surface area contributed by atoms with Gasteiger partial charge in [-0.2, -0.15) is 0 Å². The summed E-state index contributed by atoms with van der Waals surface area (Å²) in [5, 5.41) is 14.4. The Bertz CT molecular complexity index is 353. The molecule has 1 amide bonds. The van der Waals surface area contributed by atoms with Gasteiger partial charge in [0.1, 0.15) is 5.82 Å². The van der Waals surface area contributed by atoms with E-state index in [0.717, 1.165) is 5.69 Å². The second kappa shape index (κ2) is 6.07. The summed E-state index contributed by atoms with van der Waals surface area (Å²) in [5.74, 6) is 0.379. The number of hydrogen-bond acceptors (Lipinski definition) is 4. The number of aliphatic hydroxyl groups is 1. The fourth-order valence-electron chi connectivity index (χ4n) is 1.08. The van der Waals surface area contributed by atoms with Gasteiger partial charge >= 0.3 is 0 Å². The molecule has 0 aliphatic rings. The highest BCUT2D eigenvalue weighted by Gasteiger charge is 2.07. The number of amides is 1. The molecular formula is C11H17N3O2. The van der Waals surface area contributed by atoms with Crippen LogP contribution < -0.4 is 10.6 Å². The van der Waals surface area contributed by atoms with E-state index in [0.29, 0.717) is 12.4 Å². The number of nitrogens with one attached hydrogen (secondary N) is 2. The Hall–Kier alpha value is -1.62. The summed E-state index contributed by atoms with van der Waals surface area (Å²) in [6, 6.07) is 3.51. The summed E-state index contributed by atoms with van der Waals surface area (Å²) in [6.07, 6.45) is 1.61. The van der Waals surface area contributed by atoms with E-state index in [1.165, 1.54) is 0 Å². The molecule has 0 aromatic carbocycles. The van der Waals surface area contributed by atoms with Crippen LogP contribution in [0.25, 0.3) is 0 Å². The van der Waals surface area contributed by atoms with Crippen LogP contribution in [0.3, 0.4) is 0 Å². The van der Waals surface area contributed by atoms with E-state index >= 15 is 0 Å². The van der Waals surface area contributed by atoms with E-state index in [9.17, 15) is 4.79 Å². The van der Waals surface area contributed by atoms with Crippen molar-refractivity contribution in [1.82, 2.24) is 4.98 Å². The van der Waals surface area contributed by atoms with Gasteiger partial charge in [0.2, 0.25) is 5.91 Å². The van der Waals surface area contributed by atoms with Gasteiger partial charge in [-0.15, -0.1) is 0 Å². The van der Waals surface area contributed by atoms with Crippen molar-refractivity contribution in [2.24, 2.45) is 5.92 Å².